The maximum atomic E-state index is 10.3. The zero-order valence-electron chi connectivity index (χ0n) is 8.14. The summed E-state index contributed by atoms with van der Waals surface area (Å²) in [6.45, 7) is 1.90. The van der Waals surface area contributed by atoms with Gasteiger partial charge in [0.1, 0.15) is 0 Å². The largest absolute Gasteiger partial charge is 0.376 e. The number of benzene rings is 1. The molecule has 0 bridgehead atoms. The SMILES string of the molecule is CCC(C[N+](=O)[O-])Nc1ccccc1. The van der Waals surface area contributed by atoms with Crippen LogP contribution >= 0.6 is 0 Å². The Balaban J connectivity index is 2.53. The van der Waals surface area contributed by atoms with Crippen molar-refractivity contribution in [2.45, 2.75) is 19.4 Å². The summed E-state index contributed by atoms with van der Waals surface area (Å²) in [4.78, 5) is 10.0. The highest BCUT2D eigenvalue weighted by molar-refractivity contribution is 5.43. The normalized spacial score (nSPS) is 12.1. The molecule has 1 aromatic carbocycles. The molecule has 0 saturated carbocycles. The van der Waals surface area contributed by atoms with Crippen molar-refractivity contribution in [2.75, 3.05) is 11.9 Å². The summed E-state index contributed by atoms with van der Waals surface area (Å²) in [5.41, 5.74) is 0.932. The maximum absolute atomic E-state index is 10.3. The number of nitrogens with zero attached hydrogens (tertiary/aromatic N) is 1. The molecule has 0 aliphatic rings. The van der Waals surface area contributed by atoms with Gasteiger partial charge in [-0.3, -0.25) is 10.1 Å². The molecule has 1 aromatic rings. The average Bonchev–Trinajstić information content (AvgIpc) is 2.17. The first-order valence-corrected chi connectivity index (χ1v) is 4.65. The van der Waals surface area contributed by atoms with E-state index < -0.39 is 0 Å². The predicted molar refractivity (Wildman–Crippen MR) is 56.0 cm³/mol. The Morgan fingerprint density at radius 1 is 1.43 bits per heavy atom. The van der Waals surface area contributed by atoms with E-state index in [1.54, 1.807) is 0 Å². The smallest absolute Gasteiger partial charge is 0.223 e. The van der Waals surface area contributed by atoms with Gasteiger partial charge in [0, 0.05) is 10.6 Å². The third kappa shape index (κ3) is 3.43. The molecule has 14 heavy (non-hydrogen) atoms. The highest BCUT2D eigenvalue weighted by Crippen LogP contribution is 2.08. The van der Waals surface area contributed by atoms with Gasteiger partial charge in [-0.1, -0.05) is 25.1 Å². The van der Waals surface area contributed by atoms with Crippen molar-refractivity contribution in [3.63, 3.8) is 0 Å². The second kappa shape index (κ2) is 5.21. The minimum atomic E-state index is -0.288. The van der Waals surface area contributed by atoms with Crippen molar-refractivity contribution in [3.8, 4) is 0 Å². The van der Waals surface area contributed by atoms with Gasteiger partial charge in [0.25, 0.3) is 0 Å². The molecule has 0 amide bonds. The molecule has 1 atom stereocenters. The standard InChI is InChI=1S/C10H14N2O2/c1-2-9(8-12(13)14)11-10-6-4-3-5-7-10/h3-7,9,11H,2,8H2,1H3. The number of hydrogen-bond donors (Lipinski definition) is 1. The quantitative estimate of drug-likeness (QED) is 0.577. The zero-order valence-corrected chi connectivity index (χ0v) is 8.14. The fourth-order valence-electron chi connectivity index (χ4n) is 1.23. The van der Waals surface area contributed by atoms with E-state index >= 15 is 0 Å². The lowest BCUT2D eigenvalue weighted by atomic mass is 10.2. The first-order chi connectivity index (χ1) is 6.72. The van der Waals surface area contributed by atoms with Gasteiger partial charge >= 0.3 is 0 Å². The Morgan fingerprint density at radius 2 is 2.07 bits per heavy atom. The van der Waals surface area contributed by atoms with Crippen LogP contribution in [0.3, 0.4) is 0 Å². The number of rotatable bonds is 5. The minimum Gasteiger partial charge on any atom is -0.376 e. The van der Waals surface area contributed by atoms with E-state index in [1.807, 2.05) is 37.3 Å². The van der Waals surface area contributed by atoms with Crippen LogP contribution in [0.15, 0.2) is 30.3 Å². The summed E-state index contributed by atoms with van der Waals surface area (Å²) < 4.78 is 0. The molecule has 0 aliphatic carbocycles. The van der Waals surface area contributed by atoms with Crippen LogP contribution in [-0.4, -0.2) is 17.5 Å². The molecule has 1 rings (SSSR count). The van der Waals surface area contributed by atoms with Gasteiger partial charge in [0.05, 0.1) is 6.04 Å². The summed E-state index contributed by atoms with van der Waals surface area (Å²) in [5, 5.41) is 13.4. The van der Waals surface area contributed by atoms with Crippen molar-refractivity contribution in [1.82, 2.24) is 0 Å². The summed E-state index contributed by atoms with van der Waals surface area (Å²) >= 11 is 0. The van der Waals surface area contributed by atoms with Gasteiger partial charge < -0.3 is 5.32 Å². The molecule has 0 aromatic heterocycles. The molecule has 0 spiro atoms. The van der Waals surface area contributed by atoms with E-state index in [2.05, 4.69) is 5.32 Å². The second-order valence-electron chi connectivity index (χ2n) is 3.13. The fourth-order valence-corrected chi connectivity index (χ4v) is 1.23. The van der Waals surface area contributed by atoms with Crippen LogP contribution in [0.25, 0.3) is 0 Å². The highest BCUT2D eigenvalue weighted by Gasteiger charge is 2.11. The molecule has 4 nitrogen and oxygen atoms in total. The van der Waals surface area contributed by atoms with Crippen molar-refractivity contribution >= 4 is 5.69 Å². The summed E-state index contributed by atoms with van der Waals surface area (Å²) in [6, 6.07) is 9.44. The Hall–Kier alpha value is -1.58. The van der Waals surface area contributed by atoms with Gasteiger partial charge in [0.15, 0.2) is 0 Å². The van der Waals surface area contributed by atoms with Crippen LogP contribution in [0.4, 0.5) is 5.69 Å². The molecule has 0 saturated heterocycles. The van der Waals surface area contributed by atoms with Gasteiger partial charge in [-0.05, 0) is 18.6 Å². The number of nitrogens with one attached hydrogen (secondary N) is 1. The molecule has 1 N–H and O–H groups in total. The monoisotopic (exact) mass is 194 g/mol. The molecular formula is C10H14N2O2. The minimum absolute atomic E-state index is 0.0363. The molecule has 0 aliphatic heterocycles. The van der Waals surface area contributed by atoms with E-state index in [0.29, 0.717) is 0 Å². The number of hydrogen-bond acceptors (Lipinski definition) is 3. The van der Waals surface area contributed by atoms with Crippen LogP contribution in [0.2, 0.25) is 0 Å². The van der Waals surface area contributed by atoms with Gasteiger partial charge in [-0.15, -0.1) is 0 Å². The molecule has 1 unspecified atom stereocenters. The van der Waals surface area contributed by atoms with Crippen molar-refractivity contribution in [3.05, 3.63) is 40.4 Å². The molecule has 0 radical (unpaired) electrons. The first-order valence-electron chi connectivity index (χ1n) is 4.65. The Bertz CT molecular complexity index is 287. The van der Waals surface area contributed by atoms with E-state index in [1.165, 1.54) is 0 Å². The van der Waals surface area contributed by atoms with Crippen molar-refractivity contribution < 1.29 is 4.92 Å². The van der Waals surface area contributed by atoms with Crippen LogP contribution in [0, 0.1) is 10.1 Å². The van der Waals surface area contributed by atoms with Gasteiger partial charge in [-0.25, -0.2) is 0 Å². The summed E-state index contributed by atoms with van der Waals surface area (Å²) in [6.07, 6.45) is 0.746. The highest BCUT2D eigenvalue weighted by atomic mass is 16.6. The fraction of sp³-hybridized carbons (Fsp3) is 0.400. The van der Waals surface area contributed by atoms with E-state index in [4.69, 9.17) is 0 Å². The summed E-state index contributed by atoms with van der Waals surface area (Å²) in [7, 11) is 0. The van der Waals surface area contributed by atoms with Crippen LogP contribution in [0.5, 0.6) is 0 Å². The van der Waals surface area contributed by atoms with Crippen LogP contribution in [0.1, 0.15) is 13.3 Å². The maximum Gasteiger partial charge on any atom is 0.223 e. The van der Waals surface area contributed by atoms with E-state index in [-0.39, 0.29) is 17.5 Å². The third-order valence-corrected chi connectivity index (χ3v) is 2.01. The van der Waals surface area contributed by atoms with E-state index in [9.17, 15) is 10.1 Å². The zero-order chi connectivity index (χ0) is 10.4. The number of para-hydroxylation sites is 1. The Labute approximate surface area is 83.1 Å². The van der Waals surface area contributed by atoms with Gasteiger partial charge in [0.2, 0.25) is 6.54 Å². The molecule has 0 heterocycles. The third-order valence-electron chi connectivity index (χ3n) is 2.01. The molecular weight excluding hydrogens is 180 g/mol. The predicted octanol–water partition coefficient (Wildman–Crippen LogP) is 2.15. The lowest BCUT2D eigenvalue weighted by Crippen LogP contribution is -2.27. The summed E-state index contributed by atoms with van der Waals surface area (Å²) in [5.74, 6) is 0. The molecule has 0 fully saturated rings. The Kier molecular flexibility index (Phi) is 3.91. The molecule has 4 heteroatoms. The van der Waals surface area contributed by atoms with E-state index in [0.717, 1.165) is 12.1 Å². The van der Waals surface area contributed by atoms with Crippen molar-refractivity contribution in [2.24, 2.45) is 0 Å². The van der Waals surface area contributed by atoms with Gasteiger partial charge in [-0.2, -0.15) is 0 Å². The lowest BCUT2D eigenvalue weighted by molar-refractivity contribution is -0.481. The lowest BCUT2D eigenvalue weighted by Gasteiger charge is -2.13. The number of nitro groups is 1. The topological polar surface area (TPSA) is 55.2 Å². The molecule has 76 valence electrons. The average molecular weight is 194 g/mol. The first kappa shape index (κ1) is 10.5. The second-order valence-corrected chi connectivity index (χ2v) is 3.13. The van der Waals surface area contributed by atoms with Crippen LogP contribution < -0.4 is 5.32 Å². The van der Waals surface area contributed by atoms with Crippen molar-refractivity contribution in [1.29, 1.82) is 0 Å². The number of anilines is 1. The van der Waals surface area contributed by atoms with Crippen LogP contribution in [-0.2, 0) is 0 Å². The Morgan fingerprint density at radius 3 is 2.57 bits per heavy atom.